The number of hydrogen-bond acceptors (Lipinski definition) is 3. The van der Waals surface area contributed by atoms with Gasteiger partial charge in [0.25, 0.3) is 0 Å². The van der Waals surface area contributed by atoms with E-state index >= 15 is 0 Å². The van der Waals surface area contributed by atoms with E-state index in [0.717, 1.165) is 12.6 Å². The Balaban J connectivity index is 1.86. The highest BCUT2D eigenvalue weighted by molar-refractivity contribution is 7.11. The molecule has 0 bridgehead atoms. The van der Waals surface area contributed by atoms with Gasteiger partial charge in [-0.15, -0.1) is 11.3 Å². The van der Waals surface area contributed by atoms with Crippen molar-refractivity contribution < 1.29 is 0 Å². The van der Waals surface area contributed by atoms with Gasteiger partial charge >= 0.3 is 0 Å². The average molecular weight is 196 g/mol. The number of aryl methyl sites for hydroxylation is 2. The molecule has 1 aliphatic rings. The molecule has 1 saturated carbocycles. The number of nitrogens with one attached hydrogen (secondary N) is 1. The van der Waals surface area contributed by atoms with Gasteiger partial charge < -0.3 is 5.32 Å². The molecule has 1 fully saturated rings. The zero-order valence-corrected chi connectivity index (χ0v) is 9.08. The van der Waals surface area contributed by atoms with Crippen LogP contribution in [-0.2, 0) is 6.54 Å². The van der Waals surface area contributed by atoms with Crippen LogP contribution in [-0.4, -0.2) is 11.0 Å². The van der Waals surface area contributed by atoms with Gasteiger partial charge in [-0.2, -0.15) is 0 Å². The quantitative estimate of drug-likeness (QED) is 0.803. The first-order chi connectivity index (χ1) is 6.25. The lowest BCUT2D eigenvalue weighted by Gasteiger charge is -2.25. The largest absolute Gasteiger partial charge is 0.308 e. The van der Waals surface area contributed by atoms with Crippen molar-refractivity contribution in [3.05, 3.63) is 15.6 Å². The highest BCUT2D eigenvalue weighted by Crippen LogP contribution is 2.20. The molecule has 1 aromatic heterocycles. The van der Waals surface area contributed by atoms with Crippen LogP contribution in [0.15, 0.2) is 0 Å². The summed E-state index contributed by atoms with van der Waals surface area (Å²) in [5.74, 6) is 0. The van der Waals surface area contributed by atoms with Gasteiger partial charge in [-0.1, -0.05) is 6.42 Å². The third kappa shape index (κ3) is 2.09. The van der Waals surface area contributed by atoms with Crippen molar-refractivity contribution in [1.29, 1.82) is 0 Å². The summed E-state index contributed by atoms with van der Waals surface area (Å²) in [5, 5.41) is 4.76. The Kier molecular flexibility index (Phi) is 2.65. The molecule has 3 heteroatoms. The second kappa shape index (κ2) is 3.76. The summed E-state index contributed by atoms with van der Waals surface area (Å²) in [6, 6.07) is 0.768. The Morgan fingerprint density at radius 3 is 2.69 bits per heavy atom. The molecule has 1 heterocycles. The van der Waals surface area contributed by atoms with Crippen LogP contribution in [0.1, 0.15) is 34.8 Å². The smallest absolute Gasteiger partial charge is 0.107 e. The van der Waals surface area contributed by atoms with Crippen LogP contribution >= 0.6 is 11.3 Å². The van der Waals surface area contributed by atoms with Gasteiger partial charge in [-0.3, -0.25) is 0 Å². The van der Waals surface area contributed by atoms with E-state index in [1.165, 1.54) is 34.8 Å². The van der Waals surface area contributed by atoms with Crippen molar-refractivity contribution in [3.8, 4) is 0 Å². The second-order valence-corrected chi connectivity index (χ2v) is 5.05. The highest BCUT2D eigenvalue weighted by atomic mass is 32.1. The molecule has 1 aliphatic carbocycles. The number of nitrogens with zero attached hydrogens (tertiary/aromatic N) is 1. The molecule has 72 valence electrons. The summed E-state index contributed by atoms with van der Waals surface area (Å²) < 4.78 is 0. The van der Waals surface area contributed by atoms with Gasteiger partial charge in [0.15, 0.2) is 0 Å². The molecule has 0 unspecified atom stereocenters. The predicted octanol–water partition coefficient (Wildman–Crippen LogP) is 2.40. The Morgan fingerprint density at radius 1 is 1.46 bits per heavy atom. The van der Waals surface area contributed by atoms with Crippen molar-refractivity contribution in [2.45, 2.75) is 45.7 Å². The summed E-state index contributed by atoms with van der Waals surface area (Å²) in [7, 11) is 0. The highest BCUT2D eigenvalue weighted by Gasteiger charge is 2.16. The molecule has 0 spiro atoms. The summed E-state index contributed by atoms with van der Waals surface area (Å²) >= 11 is 1.82. The minimum atomic E-state index is 0.768. The lowest BCUT2D eigenvalue weighted by Crippen LogP contribution is -2.34. The van der Waals surface area contributed by atoms with Crippen molar-refractivity contribution in [1.82, 2.24) is 10.3 Å². The number of hydrogen-bond donors (Lipinski definition) is 1. The summed E-state index contributed by atoms with van der Waals surface area (Å²) in [4.78, 5) is 5.85. The maximum atomic E-state index is 4.50. The van der Waals surface area contributed by atoms with E-state index in [9.17, 15) is 0 Å². The summed E-state index contributed by atoms with van der Waals surface area (Å²) in [5.41, 5.74) is 1.19. The molecule has 0 atom stereocenters. The van der Waals surface area contributed by atoms with Crippen LogP contribution in [0.3, 0.4) is 0 Å². The van der Waals surface area contributed by atoms with Crippen LogP contribution < -0.4 is 5.32 Å². The van der Waals surface area contributed by atoms with Crippen molar-refractivity contribution in [2.24, 2.45) is 0 Å². The van der Waals surface area contributed by atoms with Crippen LogP contribution in [0.4, 0.5) is 0 Å². The maximum Gasteiger partial charge on any atom is 0.107 e. The van der Waals surface area contributed by atoms with Crippen molar-refractivity contribution in [3.63, 3.8) is 0 Å². The molecule has 0 aliphatic heterocycles. The van der Waals surface area contributed by atoms with Gasteiger partial charge in [0, 0.05) is 17.5 Å². The number of aromatic nitrogens is 1. The van der Waals surface area contributed by atoms with Gasteiger partial charge in [0.05, 0.1) is 5.69 Å². The summed E-state index contributed by atoms with van der Waals surface area (Å²) in [6.07, 6.45) is 4.10. The van der Waals surface area contributed by atoms with Crippen LogP contribution in [0.5, 0.6) is 0 Å². The minimum Gasteiger partial charge on any atom is -0.308 e. The zero-order chi connectivity index (χ0) is 9.26. The second-order valence-electron chi connectivity index (χ2n) is 3.76. The molecule has 1 aromatic rings. The molecule has 0 radical (unpaired) electrons. The lowest BCUT2D eigenvalue weighted by atomic mass is 9.93. The van der Waals surface area contributed by atoms with Crippen LogP contribution in [0.2, 0.25) is 0 Å². The van der Waals surface area contributed by atoms with E-state index in [2.05, 4.69) is 24.1 Å². The van der Waals surface area contributed by atoms with Gasteiger partial charge in [0.2, 0.25) is 0 Å². The topological polar surface area (TPSA) is 24.9 Å². The number of thiazole rings is 1. The van der Waals surface area contributed by atoms with Crippen LogP contribution in [0, 0.1) is 13.8 Å². The molecular formula is C10H16N2S. The molecule has 0 amide bonds. The molecule has 2 rings (SSSR count). The third-order valence-electron chi connectivity index (χ3n) is 2.72. The van der Waals surface area contributed by atoms with E-state index in [-0.39, 0.29) is 0 Å². The maximum absolute atomic E-state index is 4.50. The van der Waals surface area contributed by atoms with E-state index in [1.807, 2.05) is 11.3 Å². The first-order valence-electron chi connectivity index (χ1n) is 4.92. The van der Waals surface area contributed by atoms with E-state index in [4.69, 9.17) is 0 Å². The van der Waals surface area contributed by atoms with E-state index in [1.54, 1.807) is 0 Å². The van der Waals surface area contributed by atoms with E-state index in [0.29, 0.717) is 0 Å². The Hall–Kier alpha value is -0.410. The fourth-order valence-corrected chi connectivity index (χ4v) is 2.34. The Bertz CT molecular complexity index is 270. The molecule has 0 saturated heterocycles. The Labute approximate surface area is 83.4 Å². The van der Waals surface area contributed by atoms with Gasteiger partial charge in [-0.05, 0) is 26.7 Å². The van der Waals surface area contributed by atoms with Crippen molar-refractivity contribution in [2.75, 3.05) is 0 Å². The molecule has 13 heavy (non-hydrogen) atoms. The normalized spacial score (nSPS) is 17.4. The molecule has 2 nitrogen and oxygen atoms in total. The fraction of sp³-hybridized carbons (Fsp3) is 0.700. The molecule has 1 N–H and O–H groups in total. The first-order valence-corrected chi connectivity index (χ1v) is 5.73. The minimum absolute atomic E-state index is 0.768. The predicted molar refractivity (Wildman–Crippen MR) is 56.1 cm³/mol. The monoisotopic (exact) mass is 196 g/mol. The zero-order valence-electron chi connectivity index (χ0n) is 8.26. The van der Waals surface area contributed by atoms with Crippen LogP contribution in [0.25, 0.3) is 0 Å². The average Bonchev–Trinajstić information content (AvgIpc) is 2.28. The van der Waals surface area contributed by atoms with Gasteiger partial charge in [0.1, 0.15) is 5.01 Å². The SMILES string of the molecule is Cc1nc(CNC2CCC2)sc1C. The van der Waals surface area contributed by atoms with Gasteiger partial charge in [-0.25, -0.2) is 4.98 Å². The van der Waals surface area contributed by atoms with Crippen molar-refractivity contribution >= 4 is 11.3 Å². The molecular weight excluding hydrogens is 180 g/mol. The van der Waals surface area contributed by atoms with E-state index < -0.39 is 0 Å². The first kappa shape index (κ1) is 9.16. The Morgan fingerprint density at radius 2 is 2.23 bits per heavy atom. The molecule has 0 aromatic carbocycles. The number of rotatable bonds is 3. The standard InChI is InChI=1S/C10H16N2S/c1-7-8(2)13-10(12-7)6-11-9-4-3-5-9/h9,11H,3-6H2,1-2H3. The third-order valence-corrected chi connectivity index (χ3v) is 3.79. The lowest BCUT2D eigenvalue weighted by molar-refractivity contribution is 0.338. The fourth-order valence-electron chi connectivity index (χ4n) is 1.46. The summed E-state index contributed by atoms with van der Waals surface area (Å²) in [6.45, 7) is 5.18.